The molecule has 3 rings (SSSR count). The first-order valence-electron chi connectivity index (χ1n) is 7.84. The van der Waals surface area contributed by atoms with Crippen LogP contribution in [0.15, 0.2) is 53.4 Å². The van der Waals surface area contributed by atoms with Gasteiger partial charge < -0.3 is 0 Å². The first-order valence-corrected chi connectivity index (χ1v) is 9.32. The molecule has 26 heavy (non-hydrogen) atoms. The van der Waals surface area contributed by atoms with Gasteiger partial charge >= 0.3 is 0 Å². The summed E-state index contributed by atoms with van der Waals surface area (Å²) in [6.45, 7) is 0.181. The van der Waals surface area contributed by atoms with Gasteiger partial charge in [-0.15, -0.1) is 0 Å². The van der Waals surface area contributed by atoms with Crippen molar-refractivity contribution in [2.75, 3.05) is 4.72 Å². The maximum atomic E-state index is 12.4. The number of nitrogens with zero attached hydrogens (tertiary/aromatic N) is 2. The zero-order chi connectivity index (χ0) is 18.7. The molecule has 0 unspecified atom stereocenters. The van der Waals surface area contributed by atoms with E-state index in [0.29, 0.717) is 11.3 Å². The van der Waals surface area contributed by atoms with Crippen molar-refractivity contribution < 1.29 is 18.0 Å². The number of hydrogen-bond acceptors (Lipinski definition) is 5. The van der Waals surface area contributed by atoms with E-state index in [2.05, 4.69) is 4.72 Å². The zero-order valence-corrected chi connectivity index (χ0v) is 14.5. The standard InChI is InChI=1S/C18H15N3O4S/c19-11-13-3-7-16(8-4-13)26(24,25)20-15-5-1-14(2-6-15)12-21-17(22)9-10-18(21)23/h1-8,20H,9-10,12H2. The van der Waals surface area contributed by atoms with Crippen molar-refractivity contribution in [3.8, 4) is 6.07 Å². The van der Waals surface area contributed by atoms with Gasteiger partial charge in [-0.25, -0.2) is 8.42 Å². The van der Waals surface area contributed by atoms with Crippen LogP contribution in [0.25, 0.3) is 0 Å². The van der Waals surface area contributed by atoms with E-state index < -0.39 is 10.0 Å². The largest absolute Gasteiger partial charge is 0.280 e. The summed E-state index contributed by atoms with van der Waals surface area (Å²) in [5.41, 5.74) is 1.46. The molecule has 0 bridgehead atoms. The van der Waals surface area contributed by atoms with Gasteiger partial charge in [-0.1, -0.05) is 12.1 Å². The summed E-state index contributed by atoms with van der Waals surface area (Å²) >= 11 is 0. The summed E-state index contributed by atoms with van der Waals surface area (Å²) in [4.78, 5) is 24.5. The van der Waals surface area contributed by atoms with Crippen molar-refractivity contribution >= 4 is 27.5 Å². The number of sulfonamides is 1. The van der Waals surface area contributed by atoms with E-state index in [9.17, 15) is 18.0 Å². The molecule has 1 saturated heterocycles. The fourth-order valence-corrected chi connectivity index (χ4v) is 3.64. The number of hydrogen-bond donors (Lipinski definition) is 1. The Hall–Kier alpha value is -3.18. The second-order valence-corrected chi connectivity index (χ2v) is 7.49. The molecule has 0 aliphatic carbocycles. The van der Waals surface area contributed by atoms with Crippen molar-refractivity contribution in [2.45, 2.75) is 24.3 Å². The van der Waals surface area contributed by atoms with E-state index in [1.807, 2.05) is 6.07 Å². The number of amides is 2. The third-order valence-electron chi connectivity index (χ3n) is 4.00. The minimum atomic E-state index is -3.77. The second-order valence-electron chi connectivity index (χ2n) is 5.81. The van der Waals surface area contributed by atoms with E-state index in [-0.39, 0.29) is 36.1 Å². The predicted octanol–water partition coefficient (Wildman–Crippen LogP) is 2.01. The number of imide groups is 1. The van der Waals surface area contributed by atoms with E-state index >= 15 is 0 Å². The van der Waals surface area contributed by atoms with Gasteiger partial charge in [0, 0.05) is 18.5 Å². The van der Waals surface area contributed by atoms with Crippen LogP contribution in [0.3, 0.4) is 0 Å². The molecule has 7 nitrogen and oxygen atoms in total. The smallest absolute Gasteiger partial charge is 0.261 e. The van der Waals surface area contributed by atoms with E-state index in [1.165, 1.54) is 29.2 Å². The molecule has 132 valence electrons. The molecular formula is C18H15N3O4S. The highest BCUT2D eigenvalue weighted by molar-refractivity contribution is 7.92. The SMILES string of the molecule is N#Cc1ccc(S(=O)(=O)Nc2ccc(CN3C(=O)CCC3=O)cc2)cc1. The van der Waals surface area contributed by atoms with Crippen molar-refractivity contribution in [1.29, 1.82) is 5.26 Å². The molecule has 0 saturated carbocycles. The molecule has 1 heterocycles. The third kappa shape index (κ3) is 3.73. The van der Waals surface area contributed by atoms with Gasteiger partial charge in [-0.2, -0.15) is 5.26 Å². The zero-order valence-electron chi connectivity index (χ0n) is 13.7. The molecule has 1 aliphatic heterocycles. The number of carbonyl (C=O) groups excluding carboxylic acids is 2. The Morgan fingerprint density at radius 1 is 0.962 bits per heavy atom. The Kier molecular flexibility index (Phi) is 4.73. The fourth-order valence-electron chi connectivity index (χ4n) is 2.58. The summed E-state index contributed by atoms with van der Waals surface area (Å²) in [7, 11) is -3.77. The van der Waals surface area contributed by atoms with Crippen molar-refractivity contribution in [3.05, 3.63) is 59.7 Å². The van der Waals surface area contributed by atoms with Gasteiger partial charge in [0.05, 0.1) is 23.1 Å². The number of nitriles is 1. The number of rotatable bonds is 5. The number of nitrogens with one attached hydrogen (secondary N) is 1. The Morgan fingerprint density at radius 3 is 2.08 bits per heavy atom. The average molecular weight is 369 g/mol. The highest BCUT2D eigenvalue weighted by Crippen LogP contribution is 2.20. The van der Waals surface area contributed by atoms with Crippen LogP contribution >= 0.6 is 0 Å². The molecule has 1 N–H and O–H groups in total. The first-order chi connectivity index (χ1) is 12.4. The van der Waals surface area contributed by atoms with Gasteiger partial charge in [0.15, 0.2) is 0 Å². The van der Waals surface area contributed by atoms with Crippen LogP contribution in [0.1, 0.15) is 24.0 Å². The van der Waals surface area contributed by atoms with Gasteiger partial charge in [-0.05, 0) is 42.0 Å². The van der Waals surface area contributed by atoms with Gasteiger partial charge in [-0.3, -0.25) is 19.2 Å². The molecule has 2 amide bonds. The van der Waals surface area contributed by atoms with E-state index in [1.54, 1.807) is 24.3 Å². The van der Waals surface area contributed by atoms with Crippen LogP contribution in [0.5, 0.6) is 0 Å². The first kappa shape index (κ1) is 17.6. The maximum Gasteiger partial charge on any atom is 0.261 e. The lowest BCUT2D eigenvalue weighted by Gasteiger charge is -2.14. The van der Waals surface area contributed by atoms with Gasteiger partial charge in [0.2, 0.25) is 11.8 Å². The normalized spacial score (nSPS) is 14.3. The van der Waals surface area contributed by atoms with Crippen molar-refractivity contribution in [1.82, 2.24) is 4.90 Å². The molecule has 2 aromatic rings. The number of benzene rings is 2. The van der Waals surface area contributed by atoms with Gasteiger partial charge in [0.25, 0.3) is 10.0 Å². The minimum absolute atomic E-state index is 0.0498. The molecule has 0 spiro atoms. The van der Waals surface area contributed by atoms with Crippen LogP contribution in [-0.2, 0) is 26.2 Å². The number of likely N-dealkylation sites (tertiary alicyclic amines) is 1. The molecular weight excluding hydrogens is 354 g/mol. The molecule has 0 radical (unpaired) electrons. The van der Waals surface area contributed by atoms with Crippen LogP contribution in [-0.4, -0.2) is 25.1 Å². The van der Waals surface area contributed by atoms with Crippen molar-refractivity contribution in [2.24, 2.45) is 0 Å². The summed E-state index contributed by atoms with van der Waals surface area (Å²) in [6.07, 6.45) is 0.475. The Morgan fingerprint density at radius 2 is 1.54 bits per heavy atom. The summed E-state index contributed by atoms with van der Waals surface area (Å²) in [5, 5.41) is 8.77. The molecule has 0 aromatic heterocycles. The van der Waals surface area contributed by atoms with Crippen LogP contribution < -0.4 is 4.72 Å². The Bertz CT molecular complexity index is 974. The van der Waals surface area contributed by atoms with Crippen LogP contribution in [0.4, 0.5) is 5.69 Å². The van der Waals surface area contributed by atoms with E-state index in [0.717, 1.165) is 5.56 Å². The minimum Gasteiger partial charge on any atom is -0.280 e. The molecule has 2 aromatic carbocycles. The third-order valence-corrected chi connectivity index (χ3v) is 5.39. The average Bonchev–Trinajstić information content (AvgIpc) is 2.95. The Balaban J connectivity index is 1.71. The summed E-state index contributed by atoms with van der Waals surface area (Å²) in [6, 6.07) is 14.0. The predicted molar refractivity (Wildman–Crippen MR) is 93.2 cm³/mol. The van der Waals surface area contributed by atoms with Crippen LogP contribution in [0, 0.1) is 11.3 Å². The molecule has 8 heteroatoms. The molecule has 1 fully saturated rings. The van der Waals surface area contributed by atoms with E-state index in [4.69, 9.17) is 5.26 Å². The van der Waals surface area contributed by atoms with Crippen molar-refractivity contribution in [3.63, 3.8) is 0 Å². The quantitative estimate of drug-likeness (QED) is 0.811. The number of carbonyl (C=O) groups is 2. The van der Waals surface area contributed by atoms with Crippen LogP contribution in [0.2, 0.25) is 0 Å². The second kappa shape index (κ2) is 6.98. The lowest BCUT2D eigenvalue weighted by atomic mass is 10.2. The Labute approximate surface area is 150 Å². The highest BCUT2D eigenvalue weighted by atomic mass is 32.2. The lowest BCUT2D eigenvalue weighted by molar-refractivity contribution is -0.139. The monoisotopic (exact) mass is 369 g/mol. The lowest BCUT2D eigenvalue weighted by Crippen LogP contribution is -2.28. The molecule has 0 atom stereocenters. The number of anilines is 1. The highest BCUT2D eigenvalue weighted by Gasteiger charge is 2.28. The summed E-state index contributed by atoms with van der Waals surface area (Å²) in [5.74, 6) is -0.388. The fraction of sp³-hybridized carbons (Fsp3) is 0.167. The van der Waals surface area contributed by atoms with Gasteiger partial charge in [0.1, 0.15) is 0 Å². The molecule has 1 aliphatic rings. The maximum absolute atomic E-state index is 12.4. The summed E-state index contributed by atoms with van der Waals surface area (Å²) < 4.78 is 27.2. The topological polar surface area (TPSA) is 107 Å².